The number of aromatic hydroxyl groups is 1. The van der Waals surface area contributed by atoms with Gasteiger partial charge in [-0.2, -0.15) is 0 Å². The van der Waals surface area contributed by atoms with Gasteiger partial charge >= 0.3 is 5.97 Å². The summed E-state index contributed by atoms with van der Waals surface area (Å²) in [4.78, 5) is 25.3. The van der Waals surface area contributed by atoms with Crippen LogP contribution in [0.2, 0.25) is 0 Å². The molecule has 27 heavy (non-hydrogen) atoms. The van der Waals surface area contributed by atoms with Gasteiger partial charge in [0.2, 0.25) is 6.10 Å². The Bertz CT molecular complexity index is 996. The van der Waals surface area contributed by atoms with Crippen LogP contribution in [0, 0.1) is 0 Å². The first-order chi connectivity index (χ1) is 13.1. The lowest BCUT2D eigenvalue weighted by Gasteiger charge is -2.18. The molecule has 5 heteroatoms. The Hall–Kier alpha value is -3.34. The summed E-state index contributed by atoms with van der Waals surface area (Å²) < 4.78 is 5.53. The van der Waals surface area contributed by atoms with Gasteiger partial charge in [-0.05, 0) is 24.3 Å². The highest BCUT2D eigenvalue weighted by Gasteiger charge is 2.31. The van der Waals surface area contributed by atoms with Crippen molar-refractivity contribution in [1.82, 2.24) is 5.32 Å². The second-order valence-corrected chi connectivity index (χ2v) is 6.66. The van der Waals surface area contributed by atoms with Crippen LogP contribution in [-0.4, -0.2) is 23.0 Å². The third kappa shape index (κ3) is 3.62. The van der Waals surface area contributed by atoms with Crippen LogP contribution in [0.4, 0.5) is 0 Å². The molecule has 0 bridgehead atoms. The molecular formula is C22H19NO4. The molecule has 0 unspecified atom stereocenters. The Morgan fingerprint density at radius 2 is 1.67 bits per heavy atom. The summed E-state index contributed by atoms with van der Waals surface area (Å²) in [5.41, 5.74) is 0.623. The highest BCUT2D eigenvalue weighted by molar-refractivity contribution is 6.02. The molecule has 0 radical (unpaired) electrons. The Labute approximate surface area is 156 Å². The monoisotopic (exact) mass is 361 g/mol. The van der Waals surface area contributed by atoms with Crippen molar-refractivity contribution in [3.8, 4) is 5.75 Å². The lowest BCUT2D eigenvalue weighted by Crippen LogP contribution is -2.33. The molecule has 1 amide bonds. The topological polar surface area (TPSA) is 75.6 Å². The van der Waals surface area contributed by atoms with Gasteiger partial charge in [0.1, 0.15) is 11.3 Å². The Morgan fingerprint density at radius 3 is 2.41 bits per heavy atom. The highest BCUT2D eigenvalue weighted by atomic mass is 16.5. The molecule has 1 aliphatic rings. The number of carbonyl (C=O) groups is 2. The lowest BCUT2D eigenvalue weighted by atomic mass is 10.0. The smallest absolute Gasteiger partial charge is 0.343 e. The summed E-state index contributed by atoms with van der Waals surface area (Å²) in [5.74, 6) is -1.23. The average Bonchev–Trinajstić information content (AvgIpc) is 3.51. The standard InChI is InChI=1S/C22H19NO4/c24-19-17-9-5-4-6-14(17)10-13-18(19)22(26)27-20(15-7-2-1-3-8-15)21(25)23-16-11-12-16/h1-10,13,16,20,24H,11-12H2,(H,23,25)/t20-/m0/s1. The number of ether oxygens (including phenoxy) is 1. The third-order valence-corrected chi connectivity index (χ3v) is 4.61. The maximum absolute atomic E-state index is 12.7. The number of hydrogen-bond acceptors (Lipinski definition) is 4. The van der Waals surface area contributed by atoms with Crippen molar-refractivity contribution in [2.75, 3.05) is 0 Å². The predicted octanol–water partition coefficient (Wildman–Crippen LogP) is 3.72. The van der Waals surface area contributed by atoms with E-state index < -0.39 is 12.1 Å². The molecule has 0 saturated heterocycles. The fourth-order valence-corrected chi connectivity index (χ4v) is 3.00. The third-order valence-electron chi connectivity index (χ3n) is 4.61. The number of phenolic OH excluding ortho intramolecular Hbond substituents is 1. The van der Waals surface area contributed by atoms with Crippen LogP contribution in [0.3, 0.4) is 0 Å². The molecule has 1 atom stereocenters. The van der Waals surface area contributed by atoms with E-state index in [1.165, 1.54) is 6.07 Å². The van der Waals surface area contributed by atoms with Gasteiger partial charge in [0.25, 0.3) is 5.91 Å². The van der Waals surface area contributed by atoms with Crippen molar-refractivity contribution in [2.45, 2.75) is 25.0 Å². The number of benzene rings is 3. The van der Waals surface area contributed by atoms with Crippen molar-refractivity contribution in [3.63, 3.8) is 0 Å². The number of hydrogen-bond donors (Lipinski definition) is 2. The lowest BCUT2D eigenvalue weighted by molar-refractivity contribution is -0.130. The summed E-state index contributed by atoms with van der Waals surface area (Å²) in [6, 6.07) is 19.5. The molecule has 136 valence electrons. The number of amides is 1. The zero-order valence-corrected chi connectivity index (χ0v) is 14.6. The van der Waals surface area contributed by atoms with Gasteiger partial charge in [0.15, 0.2) is 0 Å². The summed E-state index contributed by atoms with van der Waals surface area (Å²) >= 11 is 0. The molecule has 1 saturated carbocycles. The minimum Gasteiger partial charge on any atom is -0.506 e. The van der Waals surface area contributed by atoms with Crippen LogP contribution in [-0.2, 0) is 9.53 Å². The van der Waals surface area contributed by atoms with Crippen molar-refractivity contribution in [2.24, 2.45) is 0 Å². The Kier molecular flexibility index (Phi) is 4.50. The zero-order valence-electron chi connectivity index (χ0n) is 14.6. The van der Waals surface area contributed by atoms with Crippen LogP contribution in [0.5, 0.6) is 5.75 Å². The molecule has 5 nitrogen and oxygen atoms in total. The van der Waals surface area contributed by atoms with E-state index in [1.807, 2.05) is 18.2 Å². The number of carbonyl (C=O) groups excluding carboxylic acids is 2. The summed E-state index contributed by atoms with van der Waals surface area (Å²) in [7, 11) is 0. The first kappa shape index (κ1) is 17.1. The molecule has 0 aromatic heterocycles. The number of fused-ring (bicyclic) bond motifs is 1. The van der Waals surface area contributed by atoms with Crippen molar-refractivity contribution >= 4 is 22.6 Å². The van der Waals surface area contributed by atoms with Gasteiger partial charge < -0.3 is 15.2 Å². The highest BCUT2D eigenvalue weighted by Crippen LogP contribution is 2.31. The molecule has 0 spiro atoms. The number of nitrogens with one attached hydrogen (secondary N) is 1. The second-order valence-electron chi connectivity index (χ2n) is 6.66. The molecule has 0 heterocycles. The van der Waals surface area contributed by atoms with Gasteiger partial charge in [0.05, 0.1) is 0 Å². The SMILES string of the molecule is O=C(O[C@H](C(=O)NC1CC1)c1ccccc1)c1ccc2ccccc2c1O. The first-order valence-electron chi connectivity index (χ1n) is 8.90. The number of esters is 1. The van der Waals surface area contributed by atoms with Crippen molar-refractivity contribution in [3.05, 3.63) is 77.9 Å². The zero-order chi connectivity index (χ0) is 18.8. The van der Waals surface area contributed by atoms with Crippen LogP contribution in [0.25, 0.3) is 10.8 Å². The van der Waals surface area contributed by atoms with E-state index in [0.717, 1.165) is 18.2 Å². The summed E-state index contributed by atoms with van der Waals surface area (Å²) in [6.07, 6.45) is 0.810. The number of rotatable bonds is 5. The summed E-state index contributed by atoms with van der Waals surface area (Å²) in [6.45, 7) is 0. The maximum atomic E-state index is 12.7. The average molecular weight is 361 g/mol. The maximum Gasteiger partial charge on any atom is 0.343 e. The molecule has 0 aliphatic heterocycles. The molecule has 3 aromatic rings. The van der Waals surface area contributed by atoms with Crippen molar-refractivity contribution in [1.29, 1.82) is 0 Å². The van der Waals surface area contributed by atoms with Gasteiger partial charge in [-0.3, -0.25) is 4.79 Å². The van der Waals surface area contributed by atoms with Crippen LogP contribution in [0.1, 0.15) is 34.9 Å². The molecule has 3 aromatic carbocycles. The van der Waals surface area contributed by atoms with Gasteiger partial charge in [0, 0.05) is 17.0 Å². The van der Waals surface area contributed by atoms with Gasteiger partial charge in [-0.1, -0.05) is 60.7 Å². The largest absolute Gasteiger partial charge is 0.506 e. The van der Waals surface area contributed by atoms with Crippen LogP contribution < -0.4 is 5.32 Å². The van der Waals surface area contributed by atoms with E-state index in [2.05, 4.69) is 5.32 Å². The fraction of sp³-hybridized carbons (Fsp3) is 0.182. The predicted molar refractivity (Wildman–Crippen MR) is 101 cm³/mol. The van der Waals surface area contributed by atoms with E-state index in [9.17, 15) is 14.7 Å². The molecule has 1 fully saturated rings. The fourth-order valence-electron chi connectivity index (χ4n) is 3.00. The van der Waals surface area contributed by atoms with Gasteiger partial charge in [-0.25, -0.2) is 4.79 Å². The van der Waals surface area contributed by atoms with E-state index in [1.54, 1.807) is 42.5 Å². The van der Waals surface area contributed by atoms with Crippen LogP contribution in [0.15, 0.2) is 66.7 Å². The minimum atomic E-state index is -1.06. The van der Waals surface area contributed by atoms with E-state index in [-0.39, 0.29) is 23.3 Å². The normalized spacial score (nSPS) is 14.5. The minimum absolute atomic E-state index is 0.0360. The molecule has 4 rings (SSSR count). The Balaban J connectivity index is 1.63. The van der Waals surface area contributed by atoms with Crippen molar-refractivity contribution < 1.29 is 19.4 Å². The van der Waals surface area contributed by atoms with E-state index in [0.29, 0.717) is 10.9 Å². The van der Waals surface area contributed by atoms with E-state index in [4.69, 9.17) is 4.74 Å². The number of phenols is 1. The van der Waals surface area contributed by atoms with Crippen LogP contribution >= 0.6 is 0 Å². The first-order valence-corrected chi connectivity index (χ1v) is 8.90. The van der Waals surface area contributed by atoms with E-state index >= 15 is 0 Å². The quantitative estimate of drug-likeness (QED) is 0.679. The molecular weight excluding hydrogens is 342 g/mol. The molecule has 1 aliphatic carbocycles. The Morgan fingerprint density at radius 1 is 0.963 bits per heavy atom. The second kappa shape index (κ2) is 7.11. The summed E-state index contributed by atoms with van der Waals surface area (Å²) in [5, 5.41) is 14.7. The van der Waals surface area contributed by atoms with Gasteiger partial charge in [-0.15, -0.1) is 0 Å². The molecule has 2 N–H and O–H groups in total.